The first-order chi connectivity index (χ1) is 8.72. The highest BCUT2D eigenvalue weighted by Gasteiger charge is 2.28. The van der Waals surface area contributed by atoms with Gasteiger partial charge < -0.3 is 10.6 Å². The Balaban J connectivity index is 1.76. The van der Waals surface area contributed by atoms with Crippen LogP contribution >= 0.6 is 0 Å². The molecule has 0 spiro atoms. The summed E-state index contributed by atoms with van der Waals surface area (Å²) in [4.78, 5) is 5.35. The largest absolute Gasteiger partial charge is 0.326 e. The first kappa shape index (κ1) is 14.3. The highest BCUT2D eigenvalue weighted by molar-refractivity contribution is 4.86. The third-order valence-electron chi connectivity index (χ3n) is 5.07. The summed E-state index contributed by atoms with van der Waals surface area (Å²) in [5.41, 5.74) is 6.17. The van der Waals surface area contributed by atoms with Crippen LogP contribution in [-0.2, 0) is 0 Å². The normalized spacial score (nSPS) is 28.2. The number of hydrogen-bond donors (Lipinski definition) is 1. The lowest BCUT2D eigenvalue weighted by Crippen LogP contribution is -2.52. The van der Waals surface area contributed by atoms with Gasteiger partial charge in [-0.05, 0) is 65.2 Å². The van der Waals surface area contributed by atoms with Crippen LogP contribution in [0.25, 0.3) is 0 Å². The molecular weight excluding hydrogens is 222 g/mol. The molecule has 2 aliphatic heterocycles. The minimum absolute atomic E-state index is 0.344. The molecule has 0 aliphatic carbocycles. The molecule has 0 bridgehead atoms. The second kappa shape index (κ2) is 6.88. The van der Waals surface area contributed by atoms with Crippen molar-refractivity contribution in [1.82, 2.24) is 9.80 Å². The Bertz CT molecular complexity index is 220. The minimum Gasteiger partial charge on any atom is -0.326 e. The maximum absolute atomic E-state index is 6.17. The van der Waals surface area contributed by atoms with Crippen molar-refractivity contribution in [1.29, 1.82) is 0 Å². The van der Waals surface area contributed by atoms with E-state index in [1.165, 1.54) is 58.3 Å². The van der Waals surface area contributed by atoms with Crippen LogP contribution in [0.3, 0.4) is 0 Å². The molecule has 0 amide bonds. The number of rotatable bonds is 4. The number of likely N-dealkylation sites (tertiary alicyclic amines) is 2. The van der Waals surface area contributed by atoms with E-state index in [1.807, 2.05) is 0 Å². The molecule has 2 aliphatic rings. The van der Waals surface area contributed by atoms with E-state index < -0.39 is 0 Å². The van der Waals surface area contributed by atoms with Gasteiger partial charge in [-0.25, -0.2) is 0 Å². The lowest BCUT2D eigenvalue weighted by atomic mass is 9.97. The van der Waals surface area contributed by atoms with Crippen LogP contribution in [0, 0.1) is 0 Å². The zero-order chi connectivity index (χ0) is 13.0. The lowest BCUT2D eigenvalue weighted by molar-refractivity contribution is 0.0695. The molecule has 0 aromatic carbocycles. The highest BCUT2D eigenvalue weighted by Crippen LogP contribution is 2.22. The molecule has 2 fully saturated rings. The molecule has 0 radical (unpaired) electrons. The third kappa shape index (κ3) is 3.46. The van der Waals surface area contributed by atoms with Gasteiger partial charge >= 0.3 is 0 Å². The van der Waals surface area contributed by atoms with Gasteiger partial charge in [-0.2, -0.15) is 0 Å². The van der Waals surface area contributed by atoms with Gasteiger partial charge in [0.25, 0.3) is 0 Å². The predicted molar refractivity (Wildman–Crippen MR) is 77.7 cm³/mol. The van der Waals surface area contributed by atoms with Crippen molar-refractivity contribution in [2.75, 3.05) is 26.2 Å². The van der Waals surface area contributed by atoms with E-state index in [0.29, 0.717) is 12.1 Å². The van der Waals surface area contributed by atoms with Crippen molar-refractivity contribution in [2.45, 2.75) is 70.5 Å². The van der Waals surface area contributed by atoms with Gasteiger partial charge in [-0.3, -0.25) is 4.90 Å². The summed E-state index contributed by atoms with van der Waals surface area (Å²) in [6.07, 6.45) is 8.06. The Morgan fingerprint density at radius 3 is 2.22 bits per heavy atom. The van der Waals surface area contributed by atoms with Gasteiger partial charge in [0.1, 0.15) is 0 Å². The van der Waals surface area contributed by atoms with Gasteiger partial charge in [0, 0.05) is 18.1 Å². The molecule has 3 heteroatoms. The Hall–Kier alpha value is -0.120. The van der Waals surface area contributed by atoms with Crippen LogP contribution < -0.4 is 5.73 Å². The molecule has 2 saturated heterocycles. The first-order valence-electron chi connectivity index (χ1n) is 7.96. The van der Waals surface area contributed by atoms with Crippen molar-refractivity contribution in [3.8, 4) is 0 Å². The SMILES string of the molecule is CCC(N)C(C)N1CCC(N2CCCCC2)CC1. The topological polar surface area (TPSA) is 32.5 Å². The van der Waals surface area contributed by atoms with Crippen molar-refractivity contribution < 1.29 is 0 Å². The second-order valence-electron chi connectivity index (χ2n) is 6.18. The standard InChI is InChI=1S/C15H31N3/c1-3-15(16)13(2)17-11-7-14(8-12-17)18-9-5-4-6-10-18/h13-15H,3-12,16H2,1-2H3. The Kier molecular flexibility index (Phi) is 5.46. The fourth-order valence-electron chi connectivity index (χ4n) is 3.55. The molecule has 3 nitrogen and oxygen atoms in total. The summed E-state index contributed by atoms with van der Waals surface area (Å²) >= 11 is 0. The van der Waals surface area contributed by atoms with Crippen molar-refractivity contribution in [3.63, 3.8) is 0 Å². The van der Waals surface area contributed by atoms with Gasteiger partial charge in [0.15, 0.2) is 0 Å². The number of nitrogens with zero attached hydrogens (tertiary/aromatic N) is 2. The summed E-state index contributed by atoms with van der Waals surface area (Å²) < 4.78 is 0. The number of nitrogens with two attached hydrogens (primary N) is 1. The highest BCUT2D eigenvalue weighted by atomic mass is 15.2. The average Bonchev–Trinajstić information content (AvgIpc) is 2.47. The zero-order valence-electron chi connectivity index (χ0n) is 12.3. The van der Waals surface area contributed by atoms with Gasteiger partial charge in [-0.1, -0.05) is 13.3 Å². The number of hydrogen-bond acceptors (Lipinski definition) is 3. The van der Waals surface area contributed by atoms with Crippen LogP contribution in [0.1, 0.15) is 52.4 Å². The number of piperidine rings is 2. The van der Waals surface area contributed by atoms with Crippen molar-refractivity contribution in [3.05, 3.63) is 0 Å². The van der Waals surface area contributed by atoms with E-state index in [0.717, 1.165) is 12.5 Å². The minimum atomic E-state index is 0.344. The molecule has 2 unspecified atom stereocenters. The maximum atomic E-state index is 6.17. The molecule has 2 N–H and O–H groups in total. The fourth-order valence-corrected chi connectivity index (χ4v) is 3.55. The van der Waals surface area contributed by atoms with Crippen LogP contribution in [0.5, 0.6) is 0 Å². The first-order valence-corrected chi connectivity index (χ1v) is 7.96. The molecule has 2 heterocycles. The molecular formula is C15H31N3. The Labute approximate surface area is 113 Å². The van der Waals surface area contributed by atoms with E-state index in [-0.39, 0.29) is 0 Å². The molecule has 18 heavy (non-hydrogen) atoms. The fraction of sp³-hybridized carbons (Fsp3) is 1.00. The van der Waals surface area contributed by atoms with Crippen molar-refractivity contribution >= 4 is 0 Å². The van der Waals surface area contributed by atoms with Crippen LogP contribution in [0.4, 0.5) is 0 Å². The quantitative estimate of drug-likeness (QED) is 0.832. The summed E-state index contributed by atoms with van der Waals surface area (Å²) in [7, 11) is 0. The maximum Gasteiger partial charge on any atom is 0.0218 e. The van der Waals surface area contributed by atoms with Crippen LogP contribution in [0.2, 0.25) is 0 Å². The van der Waals surface area contributed by atoms with Gasteiger partial charge in [-0.15, -0.1) is 0 Å². The van der Waals surface area contributed by atoms with E-state index in [1.54, 1.807) is 0 Å². The summed E-state index contributed by atoms with van der Waals surface area (Å²) in [5, 5.41) is 0. The second-order valence-corrected chi connectivity index (χ2v) is 6.18. The summed E-state index contributed by atoms with van der Waals surface area (Å²) in [5.74, 6) is 0. The molecule has 2 atom stereocenters. The van der Waals surface area contributed by atoms with Gasteiger partial charge in [0.05, 0.1) is 0 Å². The summed E-state index contributed by atoms with van der Waals surface area (Å²) in [6.45, 7) is 9.67. The van der Waals surface area contributed by atoms with Gasteiger partial charge in [0.2, 0.25) is 0 Å². The summed E-state index contributed by atoms with van der Waals surface area (Å²) in [6, 6.07) is 1.75. The Morgan fingerprint density at radius 1 is 1.06 bits per heavy atom. The van der Waals surface area contributed by atoms with E-state index in [9.17, 15) is 0 Å². The monoisotopic (exact) mass is 253 g/mol. The molecule has 0 saturated carbocycles. The zero-order valence-corrected chi connectivity index (χ0v) is 12.3. The Morgan fingerprint density at radius 2 is 1.67 bits per heavy atom. The molecule has 2 rings (SSSR count). The smallest absolute Gasteiger partial charge is 0.0218 e. The van der Waals surface area contributed by atoms with E-state index >= 15 is 0 Å². The van der Waals surface area contributed by atoms with E-state index in [4.69, 9.17) is 5.73 Å². The molecule has 0 aromatic heterocycles. The predicted octanol–water partition coefficient (Wildman–Crippen LogP) is 2.06. The van der Waals surface area contributed by atoms with Crippen molar-refractivity contribution in [2.24, 2.45) is 5.73 Å². The lowest BCUT2D eigenvalue weighted by Gasteiger charge is -2.43. The third-order valence-corrected chi connectivity index (χ3v) is 5.07. The molecule has 106 valence electrons. The molecule has 0 aromatic rings. The van der Waals surface area contributed by atoms with Crippen LogP contribution in [-0.4, -0.2) is 54.1 Å². The van der Waals surface area contributed by atoms with E-state index in [2.05, 4.69) is 23.6 Å². The average molecular weight is 253 g/mol. The van der Waals surface area contributed by atoms with Crippen LogP contribution in [0.15, 0.2) is 0 Å².